The second-order valence-electron chi connectivity index (χ2n) is 8.52. The highest BCUT2D eigenvalue weighted by molar-refractivity contribution is 7.98. The van der Waals surface area contributed by atoms with Crippen LogP contribution in [0, 0.1) is 0 Å². The van der Waals surface area contributed by atoms with Gasteiger partial charge in [0.25, 0.3) is 5.91 Å². The number of halogens is 1. The lowest BCUT2D eigenvalue weighted by atomic mass is 9.94. The van der Waals surface area contributed by atoms with Crippen LogP contribution in [-0.2, 0) is 5.75 Å². The summed E-state index contributed by atoms with van der Waals surface area (Å²) < 4.78 is 0. The van der Waals surface area contributed by atoms with Gasteiger partial charge < -0.3 is 9.80 Å². The van der Waals surface area contributed by atoms with Crippen molar-refractivity contribution < 1.29 is 4.79 Å². The molecule has 0 spiro atoms. The summed E-state index contributed by atoms with van der Waals surface area (Å²) in [5.74, 6) is 1.68. The van der Waals surface area contributed by atoms with E-state index in [4.69, 9.17) is 16.6 Å². The van der Waals surface area contributed by atoms with Crippen molar-refractivity contribution in [2.75, 3.05) is 25.0 Å². The minimum absolute atomic E-state index is 0.107. The van der Waals surface area contributed by atoms with Crippen molar-refractivity contribution >= 4 is 35.1 Å². The molecule has 0 aliphatic heterocycles. The number of amides is 1. The average Bonchev–Trinajstić information content (AvgIpc) is 2.82. The predicted octanol–water partition coefficient (Wildman–Crippen LogP) is 6.45. The number of anilines is 1. The van der Waals surface area contributed by atoms with Crippen LogP contribution in [0.5, 0.6) is 0 Å². The Morgan fingerprint density at radius 1 is 1.09 bits per heavy atom. The van der Waals surface area contributed by atoms with Gasteiger partial charge in [0.2, 0.25) is 0 Å². The second kappa shape index (κ2) is 12.4. The number of hydrogen-bond acceptors (Lipinski definition) is 5. The maximum absolute atomic E-state index is 12.9. The Morgan fingerprint density at radius 2 is 1.81 bits per heavy atom. The maximum atomic E-state index is 12.9. The van der Waals surface area contributed by atoms with Gasteiger partial charge in [-0.05, 0) is 43.4 Å². The molecule has 3 rings (SSSR count). The zero-order valence-electron chi connectivity index (χ0n) is 19.5. The summed E-state index contributed by atoms with van der Waals surface area (Å²) in [4.78, 5) is 26.3. The molecule has 0 unspecified atom stereocenters. The van der Waals surface area contributed by atoms with Crippen molar-refractivity contribution in [1.82, 2.24) is 14.9 Å². The zero-order valence-corrected chi connectivity index (χ0v) is 21.1. The SMILES string of the molecule is CCCN(CCC)C(=O)c1cccc(CSc2nc(Cl)cc(N(C)C3CCCCC3)n2)c1. The second-order valence-corrected chi connectivity index (χ2v) is 9.85. The maximum Gasteiger partial charge on any atom is 0.253 e. The predicted molar refractivity (Wildman–Crippen MR) is 135 cm³/mol. The van der Waals surface area contributed by atoms with E-state index in [0.29, 0.717) is 22.1 Å². The van der Waals surface area contributed by atoms with E-state index in [2.05, 4.69) is 30.8 Å². The van der Waals surface area contributed by atoms with E-state index >= 15 is 0 Å². The van der Waals surface area contributed by atoms with Crippen molar-refractivity contribution in [1.29, 1.82) is 0 Å². The van der Waals surface area contributed by atoms with Crippen LogP contribution in [0.25, 0.3) is 0 Å². The molecule has 32 heavy (non-hydrogen) atoms. The lowest BCUT2D eigenvalue weighted by Gasteiger charge is -2.32. The van der Waals surface area contributed by atoms with Gasteiger partial charge in [0.1, 0.15) is 11.0 Å². The van der Waals surface area contributed by atoms with Crippen molar-refractivity contribution in [2.24, 2.45) is 0 Å². The van der Waals surface area contributed by atoms with Crippen LogP contribution in [-0.4, -0.2) is 47.0 Å². The molecule has 0 atom stereocenters. The third-order valence-corrected chi connectivity index (χ3v) is 7.07. The smallest absolute Gasteiger partial charge is 0.253 e. The van der Waals surface area contributed by atoms with E-state index < -0.39 is 0 Å². The van der Waals surface area contributed by atoms with E-state index in [1.54, 1.807) is 11.8 Å². The number of carbonyl (C=O) groups is 1. The van der Waals surface area contributed by atoms with E-state index in [0.717, 1.165) is 42.9 Å². The van der Waals surface area contributed by atoms with Gasteiger partial charge >= 0.3 is 0 Å². The normalized spacial score (nSPS) is 14.4. The molecule has 1 saturated carbocycles. The first kappa shape index (κ1) is 24.8. The summed E-state index contributed by atoms with van der Waals surface area (Å²) in [5.41, 5.74) is 1.83. The lowest BCUT2D eigenvalue weighted by molar-refractivity contribution is 0.0755. The van der Waals surface area contributed by atoms with Crippen molar-refractivity contribution in [3.05, 3.63) is 46.6 Å². The Hall–Kier alpha value is -1.79. The Kier molecular flexibility index (Phi) is 9.67. The molecule has 0 bridgehead atoms. The Bertz CT molecular complexity index is 882. The van der Waals surface area contributed by atoms with Gasteiger partial charge in [0.15, 0.2) is 5.16 Å². The summed E-state index contributed by atoms with van der Waals surface area (Å²) in [5, 5.41) is 1.14. The van der Waals surface area contributed by atoms with Crippen LogP contribution in [0.15, 0.2) is 35.5 Å². The Labute approximate surface area is 202 Å². The molecule has 5 nitrogen and oxygen atoms in total. The Morgan fingerprint density at radius 3 is 2.50 bits per heavy atom. The van der Waals surface area contributed by atoms with Gasteiger partial charge in [-0.2, -0.15) is 0 Å². The summed E-state index contributed by atoms with van der Waals surface area (Å²) >= 11 is 7.89. The fourth-order valence-corrected chi connectivity index (χ4v) is 5.29. The molecular formula is C25H35ClN4OS. The topological polar surface area (TPSA) is 49.3 Å². The summed E-state index contributed by atoms with van der Waals surface area (Å²) in [6, 6.07) is 10.3. The monoisotopic (exact) mass is 474 g/mol. The first-order chi connectivity index (χ1) is 15.5. The number of aromatic nitrogens is 2. The highest BCUT2D eigenvalue weighted by Crippen LogP contribution is 2.29. The third-order valence-electron chi connectivity index (χ3n) is 5.96. The average molecular weight is 475 g/mol. The molecule has 1 amide bonds. The summed E-state index contributed by atoms with van der Waals surface area (Å²) in [7, 11) is 2.11. The van der Waals surface area contributed by atoms with E-state index in [1.165, 1.54) is 32.1 Å². The molecule has 2 aromatic rings. The molecule has 1 aliphatic carbocycles. The molecular weight excluding hydrogens is 440 g/mol. The molecule has 7 heteroatoms. The minimum Gasteiger partial charge on any atom is -0.357 e. The first-order valence-corrected chi connectivity index (χ1v) is 13.2. The number of benzene rings is 1. The van der Waals surface area contributed by atoms with Crippen LogP contribution in [0.2, 0.25) is 5.15 Å². The van der Waals surface area contributed by atoms with Gasteiger partial charge in [-0.3, -0.25) is 4.79 Å². The van der Waals surface area contributed by atoms with E-state index in [9.17, 15) is 4.79 Å². The van der Waals surface area contributed by atoms with Crippen LogP contribution in [0.1, 0.15) is 74.7 Å². The number of carbonyl (C=O) groups excluding carboxylic acids is 1. The standard InChI is InChI=1S/C25H35ClN4OS/c1-4-14-30(15-5-2)24(31)20-11-9-10-19(16-20)18-32-25-27-22(26)17-23(28-25)29(3)21-12-7-6-8-13-21/h9-11,16-17,21H,4-8,12-15,18H2,1-3H3. The van der Waals surface area contributed by atoms with Gasteiger partial charge in [-0.15, -0.1) is 0 Å². The molecule has 1 aromatic heterocycles. The highest BCUT2D eigenvalue weighted by atomic mass is 35.5. The molecule has 1 fully saturated rings. The van der Waals surface area contributed by atoms with Gasteiger partial charge in [-0.25, -0.2) is 9.97 Å². The first-order valence-electron chi connectivity index (χ1n) is 11.8. The lowest BCUT2D eigenvalue weighted by Crippen LogP contribution is -2.34. The number of nitrogens with zero attached hydrogens (tertiary/aromatic N) is 4. The van der Waals surface area contributed by atoms with Crippen LogP contribution in [0.3, 0.4) is 0 Å². The molecule has 0 saturated heterocycles. The third kappa shape index (κ3) is 6.85. The van der Waals surface area contributed by atoms with Crippen LogP contribution in [0.4, 0.5) is 5.82 Å². The Balaban J connectivity index is 1.68. The van der Waals surface area contributed by atoms with E-state index in [-0.39, 0.29) is 5.91 Å². The fourth-order valence-electron chi connectivity index (χ4n) is 4.27. The van der Waals surface area contributed by atoms with Gasteiger partial charge in [0, 0.05) is 43.6 Å². The number of rotatable bonds is 10. The molecule has 1 heterocycles. The summed E-state index contributed by atoms with van der Waals surface area (Å²) in [6.07, 6.45) is 8.21. The van der Waals surface area contributed by atoms with Gasteiger partial charge in [-0.1, -0.05) is 68.6 Å². The van der Waals surface area contributed by atoms with Crippen molar-refractivity contribution in [3.8, 4) is 0 Å². The largest absolute Gasteiger partial charge is 0.357 e. The van der Waals surface area contributed by atoms with Crippen molar-refractivity contribution in [3.63, 3.8) is 0 Å². The fraction of sp³-hybridized carbons (Fsp3) is 0.560. The number of hydrogen-bond donors (Lipinski definition) is 0. The van der Waals surface area contributed by atoms with Crippen LogP contribution < -0.4 is 4.90 Å². The van der Waals surface area contributed by atoms with Crippen molar-refractivity contribution in [2.45, 2.75) is 75.7 Å². The van der Waals surface area contributed by atoms with E-state index in [1.807, 2.05) is 35.2 Å². The molecule has 1 aliphatic rings. The molecule has 174 valence electrons. The van der Waals surface area contributed by atoms with Gasteiger partial charge in [0.05, 0.1) is 0 Å². The molecule has 1 aromatic carbocycles. The quantitative estimate of drug-likeness (QED) is 0.225. The zero-order chi connectivity index (χ0) is 22.9. The minimum atomic E-state index is 0.107. The summed E-state index contributed by atoms with van der Waals surface area (Å²) in [6.45, 7) is 5.79. The highest BCUT2D eigenvalue weighted by Gasteiger charge is 2.20. The molecule has 0 N–H and O–H groups in total. The number of thioether (sulfide) groups is 1. The van der Waals surface area contributed by atoms with Crippen LogP contribution >= 0.6 is 23.4 Å². The molecule has 0 radical (unpaired) electrons.